The normalized spacial score (nSPS) is 13.1. The Labute approximate surface area is 204 Å². The maximum Gasteiger partial charge on any atom is 0.244 e. The molecule has 0 unspecified atom stereocenters. The van der Waals surface area contributed by atoms with Crippen molar-refractivity contribution in [2.75, 3.05) is 23.7 Å². The van der Waals surface area contributed by atoms with Crippen molar-refractivity contribution < 1.29 is 18.0 Å². The van der Waals surface area contributed by atoms with Gasteiger partial charge in [0.1, 0.15) is 12.6 Å². The van der Waals surface area contributed by atoms with Crippen LogP contribution in [0.2, 0.25) is 0 Å². The maximum atomic E-state index is 13.5. The van der Waals surface area contributed by atoms with E-state index < -0.39 is 22.0 Å². The maximum absolute atomic E-state index is 13.5. The number of amides is 2. The van der Waals surface area contributed by atoms with Crippen molar-refractivity contribution in [3.63, 3.8) is 0 Å². The number of carbonyl (C=O) groups is 2. The Morgan fingerprint density at radius 2 is 1.65 bits per heavy atom. The molecule has 0 fully saturated rings. The average molecular weight is 488 g/mol. The fourth-order valence-corrected chi connectivity index (χ4v) is 4.37. The third-order valence-electron chi connectivity index (χ3n) is 6.11. The molecule has 0 aliphatic heterocycles. The topological polar surface area (TPSA) is 86.8 Å². The summed E-state index contributed by atoms with van der Waals surface area (Å²) >= 11 is 0. The SMILES string of the molecule is CC[C@H](C)NC(=O)[C@@H](C)N(CCc1ccccc1)C(=O)CN(c1ccc(C)c(C)c1)S(C)(=O)=O. The Balaban J connectivity index is 2.33. The number of hydrogen-bond donors (Lipinski definition) is 1. The predicted molar refractivity (Wildman–Crippen MR) is 137 cm³/mol. The molecular weight excluding hydrogens is 450 g/mol. The fourth-order valence-electron chi connectivity index (χ4n) is 3.53. The van der Waals surface area contributed by atoms with Gasteiger partial charge in [-0.25, -0.2) is 8.42 Å². The molecule has 0 bridgehead atoms. The second kappa shape index (κ2) is 12.0. The first-order valence-corrected chi connectivity index (χ1v) is 13.5. The van der Waals surface area contributed by atoms with Gasteiger partial charge < -0.3 is 10.2 Å². The van der Waals surface area contributed by atoms with Crippen LogP contribution >= 0.6 is 0 Å². The van der Waals surface area contributed by atoms with Crippen molar-refractivity contribution in [2.24, 2.45) is 0 Å². The summed E-state index contributed by atoms with van der Waals surface area (Å²) in [5, 5.41) is 2.93. The Bertz CT molecular complexity index is 1090. The minimum atomic E-state index is -3.73. The van der Waals surface area contributed by atoms with Gasteiger partial charge in [-0.2, -0.15) is 0 Å². The van der Waals surface area contributed by atoms with E-state index in [0.29, 0.717) is 18.7 Å². The molecular formula is C26H37N3O4S. The Hall–Kier alpha value is -2.87. The van der Waals surface area contributed by atoms with E-state index in [0.717, 1.165) is 33.7 Å². The third kappa shape index (κ3) is 7.58. The molecule has 2 aromatic rings. The van der Waals surface area contributed by atoms with Gasteiger partial charge in [0.2, 0.25) is 21.8 Å². The fraction of sp³-hybridized carbons (Fsp3) is 0.462. The Morgan fingerprint density at radius 1 is 1.00 bits per heavy atom. The van der Waals surface area contributed by atoms with Gasteiger partial charge in [-0.1, -0.05) is 43.3 Å². The highest BCUT2D eigenvalue weighted by Gasteiger charge is 2.30. The quantitative estimate of drug-likeness (QED) is 0.526. The first-order chi connectivity index (χ1) is 15.9. The summed E-state index contributed by atoms with van der Waals surface area (Å²) in [4.78, 5) is 27.8. The summed E-state index contributed by atoms with van der Waals surface area (Å²) in [6, 6.07) is 14.2. The number of nitrogens with one attached hydrogen (secondary N) is 1. The zero-order valence-corrected chi connectivity index (χ0v) is 21.9. The molecule has 7 nitrogen and oxygen atoms in total. The average Bonchev–Trinajstić information content (AvgIpc) is 2.79. The number of rotatable bonds is 11. The van der Waals surface area contributed by atoms with Crippen LogP contribution < -0.4 is 9.62 Å². The van der Waals surface area contributed by atoms with Crippen LogP contribution in [0.4, 0.5) is 5.69 Å². The van der Waals surface area contributed by atoms with E-state index in [1.807, 2.05) is 64.1 Å². The summed E-state index contributed by atoms with van der Waals surface area (Å²) in [5.74, 6) is -0.681. The van der Waals surface area contributed by atoms with Gasteiger partial charge in [0.15, 0.2) is 0 Å². The number of carbonyl (C=O) groups excluding carboxylic acids is 2. The number of hydrogen-bond acceptors (Lipinski definition) is 4. The van der Waals surface area contributed by atoms with E-state index in [2.05, 4.69) is 5.32 Å². The molecule has 0 aliphatic carbocycles. The van der Waals surface area contributed by atoms with Crippen LogP contribution in [0.5, 0.6) is 0 Å². The van der Waals surface area contributed by atoms with Crippen LogP contribution in [0.15, 0.2) is 48.5 Å². The van der Waals surface area contributed by atoms with Crippen molar-refractivity contribution in [3.05, 3.63) is 65.2 Å². The zero-order chi connectivity index (χ0) is 25.5. The van der Waals surface area contributed by atoms with Crippen LogP contribution in [-0.2, 0) is 26.0 Å². The van der Waals surface area contributed by atoms with Crippen LogP contribution in [-0.4, -0.2) is 56.6 Å². The zero-order valence-electron chi connectivity index (χ0n) is 21.0. The first kappa shape index (κ1) is 27.4. The van der Waals surface area contributed by atoms with Gasteiger partial charge in [-0.3, -0.25) is 13.9 Å². The molecule has 0 heterocycles. The van der Waals surface area contributed by atoms with Gasteiger partial charge in [-0.15, -0.1) is 0 Å². The van der Waals surface area contributed by atoms with E-state index in [1.165, 1.54) is 4.90 Å². The van der Waals surface area contributed by atoms with E-state index in [-0.39, 0.29) is 18.5 Å². The number of benzene rings is 2. The van der Waals surface area contributed by atoms with Crippen LogP contribution in [0, 0.1) is 13.8 Å². The lowest BCUT2D eigenvalue weighted by molar-refractivity contribution is -0.139. The summed E-state index contributed by atoms with van der Waals surface area (Å²) in [7, 11) is -3.73. The number of nitrogens with zero attached hydrogens (tertiary/aromatic N) is 2. The smallest absolute Gasteiger partial charge is 0.244 e. The highest BCUT2D eigenvalue weighted by molar-refractivity contribution is 7.92. The number of sulfonamides is 1. The number of aryl methyl sites for hydroxylation is 2. The summed E-state index contributed by atoms with van der Waals surface area (Å²) in [6.07, 6.45) is 2.41. The molecule has 0 aromatic heterocycles. The molecule has 0 saturated heterocycles. The standard InChI is InChI=1S/C26H37N3O4S/c1-7-21(4)27-26(31)22(5)28(16-15-23-11-9-8-10-12-23)25(30)18-29(34(6,32)33)24-14-13-19(2)20(3)17-24/h8-14,17,21-22H,7,15-16,18H2,1-6H3,(H,27,31)/t21-,22+/m0/s1. The van der Waals surface area contributed by atoms with Crippen molar-refractivity contribution >= 4 is 27.5 Å². The van der Waals surface area contributed by atoms with Gasteiger partial charge in [0.25, 0.3) is 0 Å². The molecule has 186 valence electrons. The van der Waals surface area contributed by atoms with Gasteiger partial charge >= 0.3 is 0 Å². The van der Waals surface area contributed by atoms with Crippen molar-refractivity contribution in [1.29, 1.82) is 0 Å². The predicted octanol–water partition coefficient (Wildman–Crippen LogP) is 3.44. The highest BCUT2D eigenvalue weighted by atomic mass is 32.2. The second-order valence-corrected chi connectivity index (χ2v) is 10.8. The summed E-state index contributed by atoms with van der Waals surface area (Å²) in [5.41, 5.74) is 3.42. The van der Waals surface area contributed by atoms with Crippen molar-refractivity contribution in [2.45, 2.75) is 59.5 Å². The van der Waals surface area contributed by atoms with E-state index in [9.17, 15) is 18.0 Å². The molecule has 2 amide bonds. The molecule has 0 aliphatic rings. The molecule has 34 heavy (non-hydrogen) atoms. The van der Waals surface area contributed by atoms with Crippen molar-refractivity contribution in [3.8, 4) is 0 Å². The number of anilines is 1. The minimum Gasteiger partial charge on any atom is -0.352 e. The monoisotopic (exact) mass is 487 g/mol. The second-order valence-electron chi connectivity index (χ2n) is 8.85. The van der Waals surface area contributed by atoms with Gasteiger partial charge in [0.05, 0.1) is 11.9 Å². The molecule has 0 saturated carbocycles. The van der Waals surface area contributed by atoms with Gasteiger partial charge in [0, 0.05) is 12.6 Å². The summed E-state index contributed by atoms with van der Waals surface area (Å²) < 4.78 is 26.4. The van der Waals surface area contributed by atoms with Gasteiger partial charge in [-0.05, 0) is 69.4 Å². The van der Waals surface area contributed by atoms with Crippen LogP contribution in [0.3, 0.4) is 0 Å². The molecule has 1 N–H and O–H groups in total. The lowest BCUT2D eigenvalue weighted by Crippen LogP contribution is -2.53. The molecule has 0 spiro atoms. The van der Waals surface area contributed by atoms with Crippen molar-refractivity contribution in [1.82, 2.24) is 10.2 Å². The van der Waals surface area contributed by atoms with E-state index in [4.69, 9.17) is 0 Å². The first-order valence-electron chi connectivity index (χ1n) is 11.6. The summed E-state index contributed by atoms with van der Waals surface area (Å²) in [6.45, 7) is 9.32. The Kier molecular flexibility index (Phi) is 9.67. The molecule has 2 atom stereocenters. The molecule has 2 aromatic carbocycles. The molecule has 0 radical (unpaired) electrons. The van der Waals surface area contributed by atoms with Crippen LogP contribution in [0.1, 0.15) is 43.9 Å². The lowest BCUT2D eigenvalue weighted by atomic mass is 10.1. The third-order valence-corrected chi connectivity index (χ3v) is 7.25. The van der Waals surface area contributed by atoms with Crippen LogP contribution in [0.25, 0.3) is 0 Å². The lowest BCUT2D eigenvalue weighted by Gasteiger charge is -2.32. The minimum absolute atomic E-state index is 0.0240. The molecule has 8 heteroatoms. The Morgan fingerprint density at radius 3 is 2.21 bits per heavy atom. The van der Waals surface area contributed by atoms with E-state index in [1.54, 1.807) is 19.1 Å². The molecule has 2 rings (SSSR count). The highest BCUT2D eigenvalue weighted by Crippen LogP contribution is 2.22. The van der Waals surface area contributed by atoms with E-state index >= 15 is 0 Å². The largest absolute Gasteiger partial charge is 0.352 e.